The molecule has 6 heteroatoms. The predicted octanol–water partition coefficient (Wildman–Crippen LogP) is 3.66. The maximum atomic E-state index is 6.06. The van der Waals surface area contributed by atoms with Gasteiger partial charge >= 0.3 is 0 Å². The van der Waals surface area contributed by atoms with Crippen molar-refractivity contribution >= 4 is 10.9 Å². The Hall–Kier alpha value is -3.22. The van der Waals surface area contributed by atoms with Gasteiger partial charge in [-0.1, -0.05) is 24.3 Å². The van der Waals surface area contributed by atoms with E-state index in [2.05, 4.69) is 44.1 Å². The average molecular weight is 383 g/mol. The van der Waals surface area contributed by atoms with Gasteiger partial charge in [-0.25, -0.2) is 15.0 Å². The molecule has 0 bridgehead atoms. The Morgan fingerprint density at radius 1 is 1.00 bits per heavy atom. The molecule has 1 aliphatic heterocycles. The van der Waals surface area contributed by atoms with Crippen molar-refractivity contribution < 1.29 is 4.74 Å². The third-order valence-electron chi connectivity index (χ3n) is 5.24. The zero-order valence-corrected chi connectivity index (χ0v) is 16.0. The molecule has 4 heterocycles. The molecule has 1 fully saturated rings. The Morgan fingerprint density at radius 3 is 2.83 bits per heavy atom. The SMILES string of the molecule is c1cc(-c2cncnc2)nc([C@H]2CN(Cc3ccnc4ccccc34)CCO2)c1. The van der Waals surface area contributed by atoms with E-state index in [1.165, 1.54) is 17.3 Å². The number of hydrogen-bond acceptors (Lipinski definition) is 6. The maximum absolute atomic E-state index is 6.06. The molecule has 1 aromatic carbocycles. The van der Waals surface area contributed by atoms with Crippen LogP contribution in [0.15, 0.2) is 73.4 Å². The van der Waals surface area contributed by atoms with Gasteiger partial charge in [0.05, 0.1) is 23.5 Å². The second-order valence-corrected chi connectivity index (χ2v) is 7.16. The van der Waals surface area contributed by atoms with Gasteiger partial charge in [-0.3, -0.25) is 9.88 Å². The molecule has 29 heavy (non-hydrogen) atoms. The largest absolute Gasteiger partial charge is 0.369 e. The third kappa shape index (κ3) is 3.85. The summed E-state index contributed by atoms with van der Waals surface area (Å²) in [7, 11) is 0. The first-order chi connectivity index (χ1) is 14.4. The molecule has 144 valence electrons. The van der Waals surface area contributed by atoms with Gasteiger partial charge in [0.2, 0.25) is 0 Å². The van der Waals surface area contributed by atoms with Crippen LogP contribution in [-0.4, -0.2) is 44.5 Å². The van der Waals surface area contributed by atoms with Crippen molar-refractivity contribution in [2.24, 2.45) is 0 Å². The minimum absolute atomic E-state index is 0.0542. The predicted molar refractivity (Wildman–Crippen MR) is 111 cm³/mol. The fraction of sp³-hybridized carbons (Fsp3) is 0.217. The van der Waals surface area contributed by atoms with Crippen molar-refractivity contribution in [3.8, 4) is 11.3 Å². The third-order valence-corrected chi connectivity index (χ3v) is 5.24. The number of pyridine rings is 2. The first-order valence-electron chi connectivity index (χ1n) is 9.76. The lowest BCUT2D eigenvalue weighted by Crippen LogP contribution is -2.38. The molecule has 4 aromatic rings. The summed E-state index contributed by atoms with van der Waals surface area (Å²) in [5.74, 6) is 0. The molecule has 0 amide bonds. The molecule has 0 radical (unpaired) electrons. The summed E-state index contributed by atoms with van der Waals surface area (Å²) in [6.07, 6.45) is 6.92. The Labute approximate surface area is 169 Å². The molecule has 1 saturated heterocycles. The van der Waals surface area contributed by atoms with Crippen molar-refractivity contribution in [3.05, 3.63) is 84.7 Å². The van der Waals surface area contributed by atoms with Gasteiger partial charge in [0.1, 0.15) is 12.4 Å². The lowest BCUT2D eigenvalue weighted by Gasteiger charge is -2.33. The van der Waals surface area contributed by atoms with Crippen LogP contribution in [0.25, 0.3) is 22.2 Å². The molecule has 0 saturated carbocycles. The fourth-order valence-corrected chi connectivity index (χ4v) is 3.78. The topological polar surface area (TPSA) is 64.0 Å². The van der Waals surface area contributed by atoms with Crippen LogP contribution >= 0.6 is 0 Å². The van der Waals surface area contributed by atoms with Crippen LogP contribution < -0.4 is 0 Å². The number of ether oxygens (including phenoxy) is 1. The van der Waals surface area contributed by atoms with Crippen LogP contribution in [0.5, 0.6) is 0 Å². The molecule has 0 spiro atoms. The van der Waals surface area contributed by atoms with Gasteiger partial charge in [-0.2, -0.15) is 0 Å². The highest BCUT2D eigenvalue weighted by atomic mass is 16.5. The molecule has 1 atom stereocenters. The minimum atomic E-state index is -0.0542. The molecule has 0 unspecified atom stereocenters. The molecule has 0 aliphatic carbocycles. The van der Waals surface area contributed by atoms with Crippen LogP contribution in [0.2, 0.25) is 0 Å². The smallest absolute Gasteiger partial charge is 0.115 e. The van der Waals surface area contributed by atoms with Crippen molar-refractivity contribution in [1.29, 1.82) is 0 Å². The van der Waals surface area contributed by atoms with Gasteiger partial charge in [0.25, 0.3) is 0 Å². The van der Waals surface area contributed by atoms with Crippen molar-refractivity contribution in [2.45, 2.75) is 12.6 Å². The van der Waals surface area contributed by atoms with E-state index in [0.29, 0.717) is 6.61 Å². The number of aromatic nitrogens is 4. The summed E-state index contributed by atoms with van der Waals surface area (Å²) >= 11 is 0. The van der Waals surface area contributed by atoms with E-state index in [1.54, 1.807) is 12.4 Å². The lowest BCUT2D eigenvalue weighted by molar-refractivity contribution is -0.0348. The van der Waals surface area contributed by atoms with Crippen molar-refractivity contribution in [1.82, 2.24) is 24.8 Å². The van der Waals surface area contributed by atoms with Gasteiger partial charge in [0, 0.05) is 49.2 Å². The number of benzene rings is 1. The van der Waals surface area contributed by atoms with Crippen molar-refractivity contribution in [2.75, 3.05) is 19.7 Å². The second-order valence-electron chi connectivity index (χ2n) is 7.16. The quantitative estimate of drug-likeness (QED) is 0.536. The highest BCUT2D eigenvalue weighted by Gasteiger charge is 2.24. The number of para-hydroxylation sites is 1. The van der Waals surface area contributed by atoms with Crippen molar-refractivity contribution in [3.63, 3.8) is 0 Å². The highest BCUT2D eigenvalue weighted by Crippen LogP contribution is 2.25. The summed E-state index contributed by atoms with van der Waals surface area (Å²) in [4.78, 5) is 19.9. The van der Waals surface area contributed by atoms with E-state index < -0.39 is 0 Å². The molecular weight excluding hydrogens is 362 g/mol. The second kappa shape index (κ2) is 8.03. The molecule has 0 N–H and O–H groups in total. The van der Waals surface area contributed by atoms with E-state index >= 15 is 0 Å². The van der Waals surface area contributed by atoms with Crippen LogP contribution in [-0.2, 0) is 11.3 Å². The van der Waals surface area contributed by atoms with Crippen LogP contribution in [0.1, 0.15) is 17.4 Å². The zero-order chi connectivity index (χ0) is 19.5. The molecule has 1 aliphatic rings. The molecular formula is C23H21N5O. The number of fused-ring (bicyclic) bond motifs is 1. The zero-order valence-electron chi connectivity index (χ0n) is 16.0. The normalized spacial score (nSPS) is 17.4. The number of nitrogens with zero attached hydrogens (tertiary/aromatic N) is 5. The number of morpholine rings is 1. The summed E-state index contributed by atoms with van der Waals surface area (Å²) in [6.45, 7) is 3.26. The van der Waals surface area contributed by atoms with Crippen LogP contribution in [0.3, 0.4) is 0 Å². The molecule has 3 aromatic heterocycles. The summed E-state index contributed by atoms with van der Waals surface area (Å²) in [5, 5.41) is 1.21. The van der Waals surface area contributed by atoms with E-state index in [4.69, 9.17) is 9.72 Å². The van der Waals surface area contributed by atoms with Gasteiger partial charge in [0.15, 0.2) is 0 Å². The van der Waals surface area contributed by atoms with Gasteiger partial charge in [-0.05, 0) is 29.8 Å². The van der Waals surface area contributed by atoms with Gasteiger partial charge < -0.3 is 4.74 Å². The Morgan fingerprint density at radius 2 is 1.90 bits per heavy atom. The first-order valence-corrected chi connectivity index (χ1v) is 9.76. The van der Waals surface area contributed by atoms with Gasteiger partial charge in [-0.15, -0.1) is 0 Å². The Kier molecular flexibility index (Phi) is 4.94. The Balaban J connectivity index is 1.36. The number of hydrogen-bond donors (Lipinski definition) is 0. The standard InChI is InChI=1S/C23H21N5O/c1-2-5-21-19(4-1)17(8-9-26-21)14-28-10-11-29-23(15-28)22-7-3-6-20(27-22)18-12-24-16-25-13-18/h1-9,12-13,16,23H,10-11,14-15H2/t23-/m1/s1. The number of rotatable bonds is 4. The Bertz CT molecular complexity index is 1110. The molecule has 6 nitrogen and oxygen atoms in total. The summed E-state index contributed by atoms with van der Waals surface area (Å²) in [5.41, 5.74) is 5.04. The van der Waals surface area contributed by atoms with E-state index in [1.807, 2.05) is 30.5 Å². The maximum Gasteiger partial charge on any atom is 0.115 e. The minimum Gasteiger partial charge on any atom is -0.369 e. The summed E-state index contributed by atoms with van der Waals surface area (Å²) < 4.78 is 6.06. The van der Waals surface area contributed by atoms with E-state index in [0.717, 1.165) is 42.1 Å². The summed E-state index contributed by atoms with van der Waals surface area (Å²) in [6, 6.07) is 16.4. The van der Waals surface area contributed by atoms with Crippen LogP contribution in [0.4, 0.5) is 0 Å². The van der Waals surface area contributed by atoms with E-state index in [-0.39, 0.29) is 6.10 Å². The lowest BCUT2D eigenvalue weighted by atomic mass is 10.1. The molecule has 5 rings (SSSR count). The van der Waals surface area contributed by atoms with Crippen LogP contribution in [0, 0.1) is 0 Å². The van der Waals surface area contributed by atoms with E-state index in [9.17, 15) is 0 Å². The first kappa shape index (κ1) is 17.8. The monoisotopic (exact) mass is 383 g/mol. The highest BCUT2D eigenvalue weighted by molar-refractivity contribution is 5.81. The fourth-order valence-electron chi connectivity index (χ4n) is 3.78. The average Bonchev–Trinajstić information content (AvgIpc) is 2.80.